The lowest BCUT2D eigenvalue weighted by molar-refractivity contribution is -0.130. The fourth-order valence-corrected chi connectivity index (χ4v) is 3.72. The SMILES string of the molecule is CCCCOc1ccc(-c2noc(C3CCC(=O)N3Cc3cccc(C)c3)n2)cc1. The molecule has 3 aromatic rings. The summed E-state index contributed by atoms with van der Waals surface area (Å²) < 4.78 is 11.3. The molecule has 1 atom stereocenters. The van der Waals surface area contributed by atoms with Crippen LogP contribution in [0.15, 0.2) is 53.1 Å². The summed E-state index contributed by atoms with van der Waals surface area (Å²) >= 11 is 0. The number of hydrogen-bond donors (Lipinski definition) is 0. The third-order valence-corrected chi connectivity index (χ3v) is 5.37. The zero-order chi connectivity index (χ0) is 20.9. The first-order valence-electron chi connectivity index (χ1n) is 10.6. The predicted octanol–water partition coefficient (Wildman–Crippen LogP) is 5.09. The van der Waals surface area contributed by atoms with Crippen molar-refractivity contribution in [2.24, 2.45) is 0 Å². The van der Waals surface area contributed by atoms with Crippen LogP contribution >= 0.6 is 0 Å². The van der Waals surface area contributed by atoms with Crippen LogP contribution in [0.2, 0.25) is 0 Å². The zero-order valence-electron chi connectivity index (χ0n) is 17.5. The maximum atomic E-state index is 12.5. The Morgan fingerprint density at radius 2 is 2.03 bits per heavy atom. The van der Waals surface area contributed by atoms with E-state index in [0.29, 0.717) is 37.7 Å². The first kappa shape index (κ1) is 20.1. The van der Waals surface area contributed by atoms with Crippen molar-refractivity contribution in [1.82, 2.24) is 15.0 Å². The molecule has 0 aliphatic carbocycles. The summed E-state index contributed by atoms with van der Waals surface area (Å²) in [6.45, 7) is 5.46. The molecule has 1 saturated heterocycles. The Labute approximate surface area is 176 Å². The smallest absolute Gasteiger partial charge is 0.249 e. The van der Waals surface area contributed by atoms with Crippen molar-refractivity contribution in [3.8, 4) is 17.1 Å². The number of carbonyl (C=O) groups is 1. The van der Waals surface area contributed by atoms with Gasteiger partial charge in [0.25, 0.3) is 0 Å². The molecule has 6 heteroatoms. The van der Waals surface area contributed by atoms with Crippen LogP contribution < -0.4 is 4.74 Å². The Morgan fingerprint density at radius 3 is 2.80 bits per heavy atom. The predicted molar refractivity (Wildman–Crippen MR) is 114 cm³/mol. The maximum Gasteiger partial charge on any atom is 0.249 e. The monoisotopic (exact) mass is 405 g/mol. The van der Waals surface area contributed by atoms with Crippen molar-refractivity contribution in [3.05, 3.63) is 65.5 Å². The minimum absolute atomic E-state index is 0.120. The average molecular weight is 405 g/mol. The molecule has 1 aromatic heterocycles. The van der Waals surface area contributed by atoms with Gasteiger partial charge in [0.15, 0.2) is 0 Å². The van der Waals surface area contributed by atoms with E-state index < -0.39 is 0 Å². The largest absolute Gasteiger partial charge is 0.494 e. The molecule has 30 heavy (non-hydrogen) atoms. The minimum Gasteiger partial charge on any atom is -0.494 e. The number of likely N-dealkylation sites (tertiary alicyclic amines) is 1. The third kappa shape index (κ3) is 4.53. The van der Waals surface area contributed by atoms with Crippen LogP contribution in [0.5, 0.6) is 5.75 Å². The Kier molecular flexibility index (Phi) is 6.12. The molecule has 2 heterocycles. The van der Waals surface area contributed by atoms with Gasteiger partial charge in [0.2, 0.25) is 17.6 Å². The van der Waals surface area contributed by atoms with Gasteiger partial charge in [-0.25, -0.2) is 0 Å². The van der Waals surface area contributed by atoms with Gasteiger partial charge in [-0.3, -0.25) is 4.79 Å². The van der Waals surface area contributed by atoms with Gasteiger partial charge in [-0.2, -0.15) is 4.98 Å². The lowest BCUT2D eigenvalue weighted by Gasteiger charge is -2.22. The van der Waals surface area contributed by atoms with Gasteiger partial charge >= 0.3 is 0 Å². The quantitative estimate of drug-likeness (QED) is 0.489. The fourth-order valence-electron chi connectivity index (χ4n) is 3.72. The fraction of sp³-hybridized carbons (Fsp3) is 0.375. The second-order valence-electron chi connectivity index (χ2n) is 7.75. The summed E-state index contributed by atoms with van der Waals surface area (Å²) in [5.41, 5.74) is 3.15. The highest BCUT2D eigenvalue weighted by Gasteiger charge is 2.36. The molecule has 4 rings (SSSR count). The average Bonchev–Trinajstić information content (AvgIpc) is 3.36. The highest BCUT2D eigenvalue weighted by atomic mass is 16.5. The zero-order valence-corrected chi connectivity index (χ0v) is 17.5. The minimum atomic E-state index is -0.184. The summed E-state index contributed by atoms with van der Waals surface area (Å²) in [5.74, 6) is 1.98. The first-order valence-corrected chi connectivity index (χ1v) is 10.6. The second kappa shape index (κ2) is 9.11. The molecular weight excluding hydrogens is 378 g/mol. The maximum absolute atomic E-state index is 12.5. The molecule has 0 spiro atoms. The molecule has 1 aliphatic heterocycles. The number of rotatable bonds is 8. The van der Waals surface area contributed by atoms with Crippen LogP contribution in [0, 0.1) is 6.92 Å². The Morgan fingerprint density at radius 1 is 1.20 bits per heavy atom. The number of aryl methyl sites for hydroxylation is 1. The van der Waals surface area contributed by atoms with Crippen LogP contribution in [-0.4, -0.2) is 27.6 Å². The van der Waals surface area contributed by atoms with E-state index in [1.807, 2.05) is 41.3 Å². The van der Waals surface area contributed by atoms with Gasteiger partial charge in [-0.05, 0) is 49.6 Å². The van der Waals surface area contributed by atoms with Crippen LogP contribution in [0.25, 0.3) is 11.4 Å². The molecule has 156 valence electrons. The van der Waals surface area contributed by atoms with E-state index in [-0.39, 0.29) is 11.9 Å². The number of nitrogens with zero attached hydrogens (tertiary/aromatic N) is 3. The van der Waals surface area contributed by atoms with Gasteiger partial charge in [0, 0.05) is 18.5 Å². The van der Waals surface area contributed by atoms with Crippen molar-refractivity contribution in [3.63, 3.8) is 0 Å². The highest BCUT2D eigenvalue weighted by molar-refractivity contribution is 5.78. The molecule has 1 aliphatic rings. The number of benzene rings is 2. The van der Waals surface area contributed by atoms with E-state index in [0.717, 1.165) is 29.7 Å². The van der Waals surface area contributed by atoms with E-state index in [4.69, 9.17) is 9.26 Å². The number of hydrogen-bond acceptors (Lipinski definition) is 5. The van der Waals surface area contributed by atoms with Crippen LogP contribution in [-0.2, 0) is 11.3 Å². The lowest BCUT2D eigenvalue weighted by Crippen LogP contribution is -2.27. The van der Waals surface area contributed by atoms with Gasteiger partial charge in [-0.15, -0.1) is 0 Å². The molecule has 0 radical (unpaired) electrons. The van der Waals surface area contributed by atoms with Crippen molar-refractivity contribution >= 4 is 5.91 Å². The van der Waals surface area contributed by atoms with Gasteiger partial charge in [-0.1, -0.05) is 48.3 Å². The number of ether oxygens (including phenoxy) is 1. The molecule has 1 unspecified atom stereocenters. The van der Waals surface area contributed by atoms with Crippen molar-refractivity contribution in [2.45, 2.75) is 52.1 Å². The highest BCUT2D eigenvalue weighted by Crippen LogP contribution is 2.34. The molecule has 0 N–H and O–H groups in total. The first-order chi connectivity index (χ1) is 14.6. The Hall–Kier alpha value is -3.15. The van der Waals surface area contributed by atoms with E-state index in [1.165, 1.54) is 5.56 Å². The van der Waals surface area contributed by atoms with Gasteiger partial charge < -0.3 is 14.2 Å². The number of carbonyl (C=O) groups excluding carboxylic acids is 1. The molecule has 2 aromatic carbocycles. The van der Waals surface area contributed by atoms with Crippen LogP contribution in [0.3, 0.4) is 0 Å². The lowest BCUT2D eigenvalue weighted by atomic mass is 10.1. The van der Waals surface area contributed by atoms with Crippen molar-refractivity contribution in [2.75, 3.05) is 6.61 Å². The van der Waals surface area contributed by atoms with Crippen LogP contribution in [0.1, 0.15) is 55.7 Å². The number of aromatic nitrogens is 2. The molecule has 1 amide bonds. The van der Waals surface area contributed by atoms with E-state index in [1.54, 1.807) is 0 Å². The van der Waals surface area contributed by atoms with Crippen LogP contribution in [0.4, 0.5) is 0 Å². The van der Waals surface area contributed by atoms with E-state index in [9.17, 15) is 4.79 Å². The molecule has 6 nitrogen and oxygen atoms in total. The second-order valence-corrected chi connectivity index (χ2v) is 7.75. The summed E-state index contributed by atoms with van der Waals surface area (Å²) in [7, 11) is 0. The van der Waals surface area contributed by atoms with Crippen molar-refractivity contribution < 1.29 is 14.1 Å². The van der Waals surface area contributed by atoms with Crippen molar-refractivity contribution in [1.29, 1.82) is 0 Å². The molecule has 0 saturated carbocycles. The number of unbranched alkanes of at least 4 members (excludes halogenated alkanes) is 1. The summed E-state index contributed by atoms with van der Waals surface area (Å²) in [6.07, 6.45) is 3.33. The summed E-state index contributed by atoms with van der Waals surface area (Å²) in [6, 6.07) is 15.7. The Balaban J connectivity index is 1.47. The summed E-state index contributed by atoms with van der Waals surface area (Å²) in [4.78, 5) is 18.9. The van der Waals surface area contributed by atoms with Gasteiger partial charge in [0.05, 0.1) is 6.61 Å². The summed E-state index contributed by atoms with van der Waals surface area (Å²) in [5, 5.41) is 4.15. The van der Waals surface area contributed by atoms with E-state index in [2.05, 4.69) is 36.1 Å². The topological polar surface area (TPSA) is 68.5 Å². The Bertz CT molecular complexity index is 997. The third-order valence-electron chi connectivity index (χ3n) is 5.37. The number of amides is 1. The van der Waals surface area contributed by atoms with E-state index >= 15 is 0 Å². The molecular formula is C24H27N3O3. The molecule has 1 fully saturated rings. The normalized spacial score (nSPS) is 16.3. The van der Waals surface area contributed by atoms with Gasteiger partial charge in [0.1, 0.15) is 11.8 Å². The standard InChI is InChI=1S/C24H27N3O3/c1-3-4-14-29-20-10-8-19(9-11-20)23-25-24(30-26-23)21-12-13-22(28)27(21)16-18-7-5-6-17(2)15-18/h5-11,15,21H,3-4,12-14,16H2,1-2H3. The molecule has 0 bridgehead atoms.